The van der Waals surface area contributed by atoms with Gasteiger partial charge in [-0.15, -0.1) is 0 Å². The summed E-state index contributed by atoms with van der Waals surface area (Å²) in [5.41, 5.74) is 5.47. The van der Waals surface area contributed by atoms with Crippen molar-refractivity contribution in [2.75, 3.05) is 26.7 Å². The van der Waals surface area contributed by atoms with E-state index in [4.69, 9.17) is 10.5 Å². The molecule has 0 bridgehead atoms. The van der Waals surface area contributed by atoms with Gasteiger partial charge < -0.3 is 15.8 Å². The van der Waals surface area contributed by atoms with Gasteiger partial charge in [0.2, 0.25) is 0 Å². The fourth-order valence-electron chi connectivity index (χ4n) is 1.24. The molecule has 12 heavy (non-hydrogen) atoms. The van der Waals surface area contributed by atoms with E-state index >= 15 is 0 Å². The Balaban J connectivity index is 1.85. The van der Waals surface area contributed by atoms with E-state index in [1.165, 1.54) is 19.3 Å². The molecule has 3 heteroatoms. The molecule has 1 atom stereocenters. The van der Waals surface area contributed by atoms with Gasteiger partial charge in [0.15, 0.2) is 0 Å². The minimum Gasteiger partial charge on any atom is -0.379 e. The number of rotatable bonds is 7. The van der Waals surface area contributed by atoms with Gasteiger partial charge in [0.05, 0.1) is 6.10 Å². The third kappa shape index (κ3) is 4.04. The van der Waals surface area contributed by atoms with Crippen LogP contribution in [0.3, 0.4) is 0 Å². The highest BCUT2D eigenvalue weighted by Crippen LogP contribution is 2.31. The Kier molecular flexibility index (Phi) is 4.58. The number of nitrogens with one attached hydrogen (secondary N) is 1. The molecule has 1 aliphatic rings. The van der Waals surface area contributed by atoms with E-state index in [9.17, 15) is 0 Å². The Morgan fingerprint density at radius 2 is 2.33 bits per heavy atom. The van der Waals surface area contributed by atoms with E-state index < -0.39 is 0 Å². The molecule has 0 aromatic carbocycles. The second-order valence-corrected chi connectivity index (χ2v) is 3.53. The van der Waals surface area contributed by atoms with Gasteiger partial charge in [-0.2, -0.15) is 0 Å². The first-order chi connectivity index (χ1) is 5.86. The minimum atomic E-state index is 0.184. The maximum atomic E-state index is 5.47. The Hall–Kier alpha value is -0.120. The number of ether oxygens (including phenoxy) is 1. The van der Waals surface area contributed by atoms with Crippen LogP contribution in [0.25, 0.3) is 0 Å². The molecule has 0 heterocycles. The summed E-state index contributed by atoms with van der Waals surface area (Å²) in [6.07, 6.45) is 4.38. The molecule has 0 aromatic heterocycles. The van der Waals surface area contributed by atoms with Crippen LogP contribution in [0.5, 0.6) is 0 Å². The van der Waals surface area contributed by atoms with Crippen molar-refractivity contribution in [1.29, 1.82) is 0 Å². The standard InChI is InChI=1S/C9H20N2O/c1-12-9(6-10)7-11-5-4-8-2-3-8/h8-9,11H,2-7,10H2,1H3. The van der Waals surface area contributed by atoms with E-state index in [1.807, 2.05) is 0 Å². The Bertz CT molecular complexity index is 111. The first-order valence-corrected chi connectivity index (χ1v) is 4.80. The lowest BCUT2D eigenvalue weighted by Crippen LogP contribution is -2.34. The Labute approximate surface area is 74.7 Å². The second-order valence-electron chi connectivity index (χ2n) is 3.53. The summed E-state index contributed by atoms with van der Waals surface area (Å²) in [7, 11) is 1.71. The quantitative estimate of drug-likeness (QED) is 0.545. The second kappa shape index (κ2) is 5.51. The van der Waals surface area contributed by atoms with E-state index in [1.54, 1.807) is 7.11 Å². The normalized spacial score (nSPS) is 19.5. The zero-order valence-corrected chi connectivity index (χ0v) is 7.88. The molecule has 0 radical (unpaired) electrons. The lowest BCUT2D eigenvalue weighted by atomic mass is 10.3. The molecular formula is C9H20N2O. The number of hydrogen-bond acceptors (Lipinski definition) is 3. The van der Waals surface area contributed by atoms with Crippen LogP contribution in [0.2, 0.25) is 0 Å². The van der Waals surface area contributed by atoms with Gasteiger partial charge in [0, 0.05) is 20.2 Å². The zero-order chi connectivity index (χ0) is 8.81. The first kappa shape index (κ1) is 9.96. The van der Waals surface area contributed by atoms with Gasteiger partial charge >= 0.3 is 0 Å². The molecule has 0 spiro atoms. The smallest absolute Gasteiger partial charge is 0.0817 e. The zero-order valence-electron chi connectivity index (χ0n) is 7.88. The molecule has 0 saturated heterocycles. The fourth-order valence-corrected chi connectivity index (χ4v) is 1.24. The minimum absolute atomic E-state index is 0.184. The topological polar surface area (TPSA) is 47.3 Å². The van der Waals surface area contributed by atoms with Crippen molar-refractivity contribution in [2.45, 2.75) is 25.4 Å². The van der Waals surface area contributed by atoms with Crippen LogP contribution >= 0.6 is 0 Å². The average Bonchev–Trinajstić information content (AvgIpc) is 2.89. The van der Waals surface area contributed by atoms with Crippen molar-refractivity contribution in [3.05, 3.63) is 0 Å². The summed E-state index contributed by atoms with van der Waals surface area (Å²) >= 11 is 0. The highest BCUT2D eigenvalue weighted by molar-refractivity contribution is 4.74. The van der Waals surface area contributed by atoms with Gasteiger partial charge in [-0.1, -0.05) is 12.8 Å². The molecule has 0 amide bonds. The molecule has 3 N–H and O–H groups in total. The SMILES string of the molecule is COC(CN)CNCCC1CC1. The van der Waals surface area contributed by atoms with E-state index in [0.717, 1.165) is 19.0 Å². The molecular weight excluding hydrogens is 152 g/mol. The third-order valence-electron chi connectivity index (χ3n) is 2.39. The van der Waals surface area contributed by atoms with Crippen molar-refractivity contribution in [1.82, 2.24) is 5.32 Å². The average molecular weight is 172 g/mol. The summed E-state index contributed by atoms with van der Waals surface area (Å²) in [6, 6.07) is 0. The van der Waals surface area contributed by atoms with Crippen molar-refractivity contribution in [3.63, 3.8) is 0 Å². The summed E-state index contributed by atoms with van der Waals surface area (Å²) in [6.45, 7) is 2.61. The molecule has 1 fully saturated rings. The molecule has 3 nitrogen and oxygen atoms in total. The molecule has 1 rings (SSSR count). The number of methoxy groups -OCH3 is 1. The third-order valence-corrected chi connectivity index (χ3v) is 2.39. The number of nitrogens with two attached hydrogens (primary N) is 1. The van der Waals surface area contributed by atoms with Crippen molar-refractivity contribution in [2.24, 2.45) is 11.7 Å². The summed E-state index contributed by atoms with van der Waals surface area (Å²) in [5.74, 6) is 1.01. The molecule has 1 saturated carbocycles. The molecule has 0 aliphatic heterocycles. The Morgan fingerprint density at radius 3 is 2.83 bits per heavy atom. The molecule has 72 valence electrons. The highest BCUT2D eigenvalue weighted by atomic mass is 16.5. The van der Waals surface area contributed by atoms with E-state index in [0.29, 0.717) is 6.54 Å². The van der Waals surface area contributed by atoms with Crippen LogP contribution in [0.1, 0.15) is 19.3 Å². The maximum Gasteiger partial charge on any atom is 0.0817 e. The molecule has 0 aromatic rings. The van der Waals surface area contributed by atoms with Crippen LogP contribution in [0, 0.1) is 5.92 Å². The Morgan fingerprint density at radius 1 is 1.58 bits per heavy atom. The summed E-state index contributed by atoms with van der Waals surface area (Å²) in [5, 5.41) is 3.35. The van der Waals surface area contributed by atoms with Crippen LogP contribution in [0.15, 0.2) is 0 Å². The largest absolute Gasteiger partial charge is 0.379 e. The lowest BCUT2D eigenvalue weighted by molar-refractivity contribution is 0.108. The van der Waals surface area contributed by atoms with Gasteiger partial charge in [-0.05, 0) is 18.9 Å². The molecule has 1 aliphatic carbocycles. The van der Waals surface area contributed by atoms with Gasteiger partial charge in [0.25, 0.3) is 0 Å². The van der Waals surface area contributed by atoms with Crippen molar-refractivity contribution >= 4 is 0 Å². The van der Waals surface area contributed by atoms with Crippen molar-refractivity contribution < 1.29 is 4.74 Å². The lowest BCUT2D eigenvalue weighted by Gasteiger charge is -2.13. The van der Waals surface area contributed by atoms with Crippen LogP contribution in [-0.2, 0) is 4.74 Å². The van der Waals surface area contributed by atoms with Gasteiger partial charge in [-0.3, -0.25) is 0 Å². The van der Waals surface area contributed by atoms with Crippen LogP contribution in [-0.4, -0.2) is 32.8 Å². The maximum absolute atomic E-state index is 5.47. The first-order valence-electron chi connectivity index (χ1n) is 4.80. The van der Waals surface area contributed by atoms with E-state index in [-0.39, 0.29) is 6.10 Å². The van der Waals surface area contributed by atoms with Gasteiger partial charge in [-0.25, -0.2) is 0 Å². The van der Waals surface area contributed by atoms with Gasteiger partial charge in [0.1, 0.15) is 0 Å². The van der Waals surface area contributed by atoms with Crippen LogP contribution in [0.4, 0.5) is 0 Å². The number of hydrogen-bond donors (Lipinski definition) is 2. The predicted octanol–water partition coefficient (Wildman–Crippen LogP) is 0.350. The van der Waals surface area contributed by atoms with E-state index in [2.05, 4.69) is 5.32 Å². The predicted molar refractivity (Wildman–Crippen MR) is 50.1 cm³/mol. The highest BCUT2D eigenvalue weighted by Gasteiger charge is 2.20. The molecule has 1 unspecified atom stereocenters. The fraction of sp³-hybridized carbons (Fsp3) is 1.00. The van der Waals surface area contributed by atoms with Crippen LogP contribution < -0.4 is 11.1 Å². The summed E-state index contributed by atoms with van der Waals surface area (Å²) < 4.78 is 5.13. The van der Waals surface area contributed by atoms with Crippen molar-refractivity contribution in [3.8, 4) is 0 Å². The summed E-state index contributed by atoms with van der Waals surface area (Å²) in [4.78, 5) is 0. The monoisotopic (exact) mass is 172 g/mol.